The number of carbonyl (C=O) groups excluding carboxylic acids is 1. The maximum atomic E-state index is 12.3. The van der Waals surface area contributed by atoms with Gasteiger partial charge in [0.05, 0.1) is 14.9 Å². The van der Waals surface area contributed by atoms with E-state index in [0.29, 0.717) is 21.8 Å². The van der Waals surface area contributed by atoms with Crippen molar-refractivity contribution in [1.29, 1.82) is 0 Å². The van der Waals surface area contributed by atoms with Gasteiger partial charge in [-0.3, -0.25) is 4.79 Å². The lowest BCUT2D eigenvalue weighted by Gasteiger charge is -2.13. The van der Waals surface area contributed by atoms with Gasteiger partial charge in [-0.05, 0) is 55.3 Å². The normalized spacial score (nSPS) is 11.3. The summed E-state index contributed by atoms with van der Waals surface area (Å²) in [5, 5.41) is 8.41. The summed E-state index contributed by atoms with van der Waals surface area (Å²) in [7, 11) is -3.87. The molecule has 0 saturated carbocycles. The Morgan fingerprint density at radius 1 is 1.09 bits per heavy atom. The van der Waals surface area contributed by atoms with Crippen LogP contribution in [0.4, 0.5) is 5.69 Å². The minimum atomic E-state index is -3.87. The predicted molar refractivity (Wildman–Crippen MR) is 91.7 cm³/mol. The van der Waals surface area contributed by atoms with Crippen molar-refractivity contribution < 1.29 is 13.2 Å². The standard InChI is InChI=1S/C15H14Cl2N2O3S/c1-8-5-11(23(18,21)22)7-14(9(8)2)19-15(20)10-3-4-12(16)13(17)6-10/h3-7H,1-2H3,(H,19,20)(H2,18,21,22). The summed E-state index contributed by atoms with van der Waals surface area (Å²) >= 11 is 11.7. The van der Waals surface area contributed by atoms with Crippen LogP contribution in [-0.4, -0.2) is 14.3 Å². The van der Waals surface area contributed by atoms with E-state index in [2.05, 4.69) is 5.32 Å². The summed E-state index contributed by atoms with van der Waals surface area (Å²) < 4.78 is 23.0. The summed E-state index contributed by atoms with van der Waals surface area (Å²) in [6.45, 7) is 3.51. The molecule has 0 aliphatic heterocycles. The molecule has 0 aromatic heterocycles. The fourth-order valence-electron chi connectivity index (χ4n) is 1.95. The van der Waals surface area contributed by atoms with Crippen molar-refractivity contribution in [2.24, 2.45) is 5.14 Å². The van der Waals surface area contributed by atoms with Gasteiger partial charge in [-0.15, -0.1) is 0 Å². The number of hydrogen-bond acceptors (Lipinski definition) is 3. The Hall–Kier alpha value is -1.60. The fraction of sp³-hybridized carbons (Fsp3) is 0.133. The third-order valence-electron chi connectivity index (χ3n) is 3.40. The average molecular weight is 373 g/mol. The summed E-state index contributed by atoms with van der Waals surface area (Å²) in [4.78, 5) is 12.2. The zero-order chi connectivity index (χ0) is 17.4. The number of halogens is 2. The van der Waals surface area contributed by atoms with Crippen molar-refractivity contribution in [1.82, 2.24) is 0 Å². The van der Waals surface area contributed by atoms with Crippen LogP contribution in [-0.2, 0) is 10.0 Å². The van der Waals surface area contributed by atoms with E-state index in [0.717, 1.165) is 5.56 Å². The summed E-state index contributed by atoms with van der Waals surface area (Å²) in [5.41, 5.74) is 2.11. The van der Waals surface area contributed by atoms with Gasteiger partial charge in [-0.25, -0.2) is 13.6 Å². The number of sulfonamides is 1. The minimum absolute atomic E-state index is 0.0648. The Kier molecular flexibility index (Phi) is 5.01. The Balaban J connectivity index is 2.41. The van der Waals surface area contributed by atoms with Crippen molar-refractivity contribution in [2.45, 2.75) is 18.7 Å². The molecule has 0 unspecified atom stereocenters. The zero-order valence-electron chi connectivity index (χ0n) is 12.4. The van der Waals surface area contributed by atoms with Crippen LogP contribution in [0.1, 0.15) is 21.5 Å². The lowest BCUT2D eigenvalue weighted by molar-refractivity contribution is 0.102. The molecule has 0 spiro atoms. The highest BCUT2D eigenvalue weighted by atomic mass is 35.5. The largest absolute Gasteiger partial charge is 0.322 e. The maximum Gasteiger partial charge on any atom is 0.255 e. The van der Waals surface area contributed by atoms with Crippen LogP contribution in [0.25, 0.3) is 0 Å². The van der Waals surface area contributed by atoms with Crippen molar-refractivity contribution in [3.8, 4) is 0 Å². The molecule has 0 aliphatic carbocycles. The molecular weight excluding hydrogens is 359 g/mol. The number of rotatable bonds is 3. The van der Waals surface area contributed by atoms with Gasteiger partial charge in [-0.2, -0.15) is 0 Å². The Morgan fingerprint density at radius 2 is 1.74 bits per heavy atom. The third-order valence-corrected chi connectivity index (χ3v) is 5.03. The van der Waals surface area contributed by atoms with Gasteiger partial charge in [0, 0.05) is 11.3 Å². The first kappa shape index (κ1) is 17.7. The predicted octanol–water partition coefficient (Wildman–Crippen LogP) is 3.51. The number of amides is 1. The fourth-order valence-corrected chi connectivity index (χ4v) is 2.87. The van der Waals surface area contributed by atoms with E-state index < -0.39 is 15.9 Å². The summed E-state index contributed by atoms with van der Waals surface area (Å²) in [6, 6.07) is 7.25. The van der Waals surface area contributed by atoms with Gasteiger partial charge in [0.1, 0.15) is 0 Å². The number of nitrogens with two attached hydrogens (primary N) is 1. The molecule has 122 valence electrons. The maximum absolute atomic E-state index is 12.3. The van der Waals surface area contributed by atoms with Gasteiger partial charge in [0.2, 0.25) is 10.0 Å². The molecule has 2 aromatic rings. The highest BCUT2D eigenvalue weighted by Crippen LogP contribution is 2.26. The molecule has 0 heterocycles. The molecule has 0 atom stereocenters. The lowest BCUT2D eigenvalue weighted by atomic mass is 10.1. The van der Waals surface area contributed by atoms with E-state index >= 15 is 0 Å². The summed E-state index contributed by atoms with van der Waals surface area (Å²) in [6.07, 6.45) is 0. The van der Waals surface area contributed by atoms with Gasteiger partial charge in [0.25, 0.3) is 5.91 Å². The molecule has 0 radical (unpaired) electrons. The molecular formula is C15H14Cl2N2O3S. The van der Waals surface area contributed by atoms with Gasteiger partial charge >= 0.3 is 0 Å². The van der Waals surface area contributed by atoms with Crippen molar-refractivity contribution in [3.63, 3.8) is 0 Å². The highest BCUT2D eigenvalue weighted by Gasteiger charge is 2.15. The van der Waals surface area contributed by atoms with Crippen LogP contribution >= 0.6 is 23.2 Å². The molecule has 0 fully saturated rings. The van der Waals surface area contributed by atoms with E-state index in [9.17, 15) is 13.2 Å². The van der Waals surface area contributed by atoms with Crippen LogP contribution < -0.4 is 10.5 Å². The molecule has 0 aliphatic rings. The Bertz CT molecular complexity index is 896. The van der Waals surface area contributed by atoms with Crippen LogP contribution in [0, 0.1) is 13.8 Å². The van der Waals surface area contributed by atoms with E-state index in [1.54, 1.807) is 13.8 Å². The second-order valence-corrected chi connectivity index (χ2v) is 7.42. The van der Waals surface area contributed by atoms with Gasteiger partial charge < -0.3 is 5.32 Å². The van der Waals surface area contributed by atoms with Crippen molar-refractivity contribution in [2.75, 3.05) is 5.32 Å². The van der Waals surface area contributed by atoms with Crippen LogP contribution in [0.2, 0.25) is 10.0 Å². The first-order chi connectivity index (χ1) is 10.6. The second-order valence-electron chi connectivity index (χ2n) is 5.04. The quantitative estimate of drug-likeness (QED) is 0.863. The number of anilines is 1. The second kappa shape index (κ2) is 6.49. The number of benzene rings is 2. The van der Waals surface area contributed by atoms with E-state index in [4.69, 9.17) is 28.3 Å². The lowest BCUT2D eigenvalue weighted by Crippen LogP contribution is -2.16. The van der Waals surface area contributed by atoms with Crippen molar-refractivity contribution in [3.05, 3.63) is 57.1 Å². The molecule has 1 amide bonds. The number of primary sulfonamides is 1. The number of carbonyl (C=O) groups is 1. The first-order valence-corrected chi connectivity index (χ1v) is 8.80. The monoisotopic (exact) mass is 372 g/mol. The average Bonchev–Trinajstić information content (AvgIpc) is 2.45. The number of aryl methyl sites for hydroxylation is 1. The highest BCUT2D eigenvalue weighted by molar-refractivity contribution is 7.89. The van der Waals surface area contributed by atoms with Crippen LogP contribution in [0.3, 0.4) is 0 Å². The SMILES string of the molecule is Cc1cc(S(N)(=O)=O)cc(NC(=O)c2ccc(Cl)c(Cl)c2)c1C. The van der Waals surface area contributed by atoms with E-state index in [1.165, 1.54) is 30.3 Å². The van der Waals surface area contributed by atoms with Crippen molar-refractivity contribution >= 4 is 44.8 Å². The zero-order valence-corrected chi connectivity index (χ0v) is 14.7. The van der Waals surface area contributed by atoms with Gasteiger partial charge in [0.15, 0.2) is 0 Å². The molecule has 3 N–H and O–H groups in total. The molecule has 0 bridgehead atoms. The smallest absolute Gasteiger partial charge is 0.255 e. The number of hydrogen-bond donors (Lipinski definition) is 2. The van der Waals surface area contributed by atoms with Crippen LogP contribution in [0.5, 0.6) is 0 Å². The Morgan fingerprint density at radius 3 is 2.30 bits per heavy atom. The molecule has 8 heteroatoms. The minimum Gasteiger partial charge on any atom is -0.322 e. The molecule has 2 aromatic carbocycles. The third kappa shape index (κ3) is 4.03. The van der Waals surface area contributed by atoms with Crippen LogP contribution in [0.15, 0.2) is 35.2 Å². The van der Waals surface area contributed by atoms with E-state index in [1.807, 2.05) is 0 Å². The molecule has 2 rings (SSSR count). The first-order valence-electron chi connectivity index (χ1n) is 6.50. The molecule has 5 nitrogen and oxygen atoms in total. The summed E-state index contributed by atoms with van der Waals surface area (Å²) in [5.74, 6) is -0.433. The topological polar surface area (TPSA) is 89.3 Å². The number of nitrogens with one attached hydrogen (secondary N) is 1. The molecule has 23 heavy (non-hydrogen) atoms. The molecule has 0 saturated heterocycles. The van der Waals surface area contributed by atoms with E-state index in [-0.39, 0.29) is 9.92 Å². The van der Waals surface area contributed by atoms with Gasteiger partial charge in [-0.1, -0.05) is 23.2 Å². The Labute approximate surface area is 144 Å².